The first-order valence-corrected chi connectivity index (χ1v) is 8.33. The van der Waals surface area contributed by atoms with Gasteiger partial charge in [-0.25, -0.2) is 14.6 Å². The van der Waals surface area contributed by atoms with Crippen LogP contribution in [0.3, 0.4) is 0 Å². The Labute approximate surface area is 143 Å². The van der Waals surface area contributed by atoms with Crippen LogP contribution in [0.2, 0.25) is 0 Å². The number of nitrogens with zero attached hydrogens (tertiary/aromatic N) is 4. The van der Waals surface area contributed by atoms with Gasteiger partial charge in [-0.2, -0.15) is 5.10 Å². The summed E-state index contributed by atoms with van der Waals surface area (Å²) in [4.78, 5) is 9.01. The Morgan fingerprint density at radius 1 is 1.20 bits per heavy atom. The summed E-state index contributed by atoms with van der Waals surface area (Å²) in [6.07, 6.45) is 5.64. The normalized spacial score (nSPS) is 14.3. The first-order valence-electron chi connectivity index (χ1n) is 8.33. The minimum absolute atomic E-state index is 0.0188. The molecule has 1 aliphatic carbocycles. The fourth-order valence-corrected chi connectivity index (χ4v) is 3.16. The molecular formula is C19H16N4O2. The lowest BCUT2D eigenvalue weighted by molar-refractivity contribution is 0.280. The highest BCUT2D eigenvalue weighted by atomic mass is 16.3. The van der Waals surface area contributed by atoms with Crippen LogP contribution in [-0.4, -0.2) is 24.9 Å². The van der Waals surface area contributed by atoms with Gasteiger partial charge in [-0.3, -0.25) is 0 Å². The summed E-state index contributed by atoms with van der Waals surface area (Å²) in [6, 6.07) is 11.7. The number of furan rings is 1. The number of hydrogen-bond acceptors (Lipinski definition) is 5. The summed E-state index contributed by atoms with van der Waals surface area (Å²) in [5, 5.41) is 15.0. The van der Waals surface area contributed by atoms with E-state index < -0.39 is 0 Å². The molecule has 0 atom stereocenters. The molecule has 1 aliphatic rings. The molecule has 0 unspecified atom stereocenters. The Balaban J connectivity index is 1.60. The van der Waals surface area contributed by atoms with Crippen molar-refractivity contribution in [3.8, 4) is 17.4 Å². The highest BCUT2D eigenvalue weighted by molar-refractivity contribution is 5.82. The number of aliphatic hydroxyl groups is 1. The number of hydrogen-bond donors (Lipinski definition) is 1. The van der Waals surface area contributed by atoms with Crippen LogP contribution < -0.4 is 0 Å². The molecule has 1 aromatic carbocycles. The molecule has 3 aromatic heterocycles. The third-order valence-corrected chi connectivity index (χ3v) is 4.53. The van der Waals surface area contributed by atoms with Crippen molar-refractivity contribution in [2.45, 2.75) is 25.4 Å². The number of para-hydroxylation sites is 1. The molecule has 0 aliphatic heterocycles. The molecule has 25 heavy (non-hydrogen) atoms. The van der Waals surface area contributed by atoms with Gasteiger partial charge in [0, 0.05) is 23.1 Å². The van der Waals surface area contributed by atoms with Gasteiger partial charge < -0.3 is 9.52 Å². The van der Waals surface area contributed by atoms with E-state index in [1.54, 1.807) is 17.1 Å². The zero-order valence-corrected chi connectivity index (χ0v) is 13.5. The molecule has 1 fully saturated rings. The molecule has 1 saturated carbocycles. The summed E-state index contributed by atoms with van der Waals surface area (Å²) in [5.41, 5.74) is 3.41. The SMILES string of the molecule is OCc1cnn(-c2nccc(-c3cc4ccccc4o3)n2)c1C1CC1. The Morgan fingerprint density at radius 2 is 2.08 bits per heavy atom. The molecule has 124 valence electrons. The highest BCUT2D eigenvalue weighted by Crippen LogP contribution is 2.42. The zero-order valence-electron chi connectivity index (χ0n) is 13.5. The first kappa shape index (κ1) is 14.4. The quantitative estimate of drug-likeness (QED) is 0.619. The largest absolute Gasteiger partial charge is 0.454 e. The molecule has 0 spiro atoms. The predicted molar refractivity (Wildman–Crippen MR) is 92.3 cm³/mol. The van der Waals surface area contributed by atoms with Crippen LogP contribution in [0.4, 0.5) is 0 Å². The number of rotatable bonds is 4. The van der Waals surface area contributed by atoms with Crippen LogP contribution >= 0.6 is 0 Å². The van der Waals surface area contributed by atoms with Crippen LogP contribution in [-0.2, 0) is 6.61 Å². The summed E-state index contributed by atoms with van der Waals surface area (Å²) >= 11 is 0. The van der Waals surface area contributed by atoms with Gasteiger partial charge in [0.15, 0.2) is 5.76 Å². The molecule has 0 bridgehead atoms. The minimum atomic E-state index is -0.0188. The lowest BCUT2D eigenvalue weighted by Gasteiger charge is -2.07. The van der Waals surface area contributed by atoms with Gasteiger partial charge in [-0.1, -0.05) is 18.2 Å². The van der Waals surface area contributed by atoms with Crippen LogP contribution in [0.1, 0.15) is 30.0 Å². The highest BCUT2D eigenvalue weighted by Gasteiger charge is 2.31. The maximum Gasteiger partial charge on any atom is 0.251 e. The van der Waals surface area contributed by atoms with E-state index in [2.05, 4.69) is 15.1 Å². The second-order valence-corrected chi connectivity index (χ2v) is 6.29. The Bertz CT molecular complexity index is 1030. The van der Waals surface area contributed by atoms with Gasteiger partial charge >= 0.3 is 0 Å². The average molecular weight is 332 g/mol. The van der Waals surface area contributed by atoms with Gasteiger partial charge in [0.2, 0.25) is 0 Å². The molecule has 6 nitrogen and oxygen atoms in total. The van der Waals surface area contributed by atoms with E-state index in [-0.39, 0.29) is 6.61 Å². The van der Waals surface area contributed by atoms with Gasteiger partial charge in [0.05, 0.1) is 18.5 Å². The Hall–Kier alpha value is -2.99. The van der Waals surface area contributed by atoms with Crippen LogP contribution in [0, 0.1) is 0 Å². The number of benzene rings is 1. The second-order valence-electron chi connectivity index (χ2n) is 6.29. The van der Waals surface area contributed by atoms with E-state index in [9.17, 15) is 5.11 Å². The maximum absolute atomic E-state index is 9.56. The van der Waals surface area contributed by atoms with Gasteiger partial charge in [-0.15, -0.1) is 0 Å². The summed E-state index contributed by atoms with van der Waals surface area (Å²) in [7, 11) is 0. The third-order valence-electron chi connectivity index (χ3n) is 4.53. The summed E-state index contributed by atoms with van der Waals surface area (Å²) in [5.74, 6) is 1.63. The molecule has 0 radical (unpaired) electrons. The fourth-order valence-electron chi connectivity index (χ4n) is 3.16. The van der Waals surface area contributed by atoms with E-state index in [4.69, 9.17) is 4.42 Å². The monoisotopic (exact) mass is 332 g/mol. The van der Waals surface area contributed by atoms with Crippen LogP contribution in [0.5, 0.6) is 0 Å². The Kier molecular flexibility index (Phi) is 3.18. The average Bonchev–Trinajstić information content (AvgIpc) is 3.25. The number of fused-ring (bicyclic) bond motifs is 1. The van der Waals surface area contributed by atoms with Crippen LogP contribution in [0.15, 0.2) is 53.2 Å². The van der Waals surface area contributed by atoms with Crippen molar-refractivity contribution in [2.75, 3.05) is 0 Å². The predicted octanol–water partition coefficient (Wildman–Crippen LogP) is 3.45. The third kappa shape index (κ3) is 2.42. The van der Waals surface area contributed by atoms with Crippen molar-refractivity contribution < 1.29 is 9.52 Å². The first-order chi connectivity index (χ1) is 12.3. The minimum Gasteiger partial charge on any atom is -0.454 e. The van der Waals surface area contributed by atoms with E-state index in [0.717, 1.165) is 35.1 Å². The topological polar surface area (TPSA) is 77.0 Å². The van der Waals surface area contributed by atoms with Crippen molar-refractivity contribution in [3.05, 3.63) is 60.0 Å². The standard InChI is InChI=1S/C19H16N4O2/c24-11-14-10-21-23(18(14)12-5-6-12)19-20-8-7-15(22-19)17-9-13-3-1-2-4-16(13)25-17/h1-4,7-10,12,24H,5-6,11H2. The molecule has 6 heteroatoms. The molecule has 5 rings (SSSR count). The van der Waals surface area contributed by atoms with Crippen molar-refractivity contribution in [1.82, 2.24) is 19.7 Å². The van der Waals surface area contributed by atoms with Crippen molar-refractivity contribution in [3.63, 3.8) is 0 Å². The van der Waals surface area contributed by atoms with Crippen LogP contribution in [0.25, 0.3) is 28.4 Å². The van der Waals surface area contributed by atoms with Crippen molar-refractivity contribution in [1.29, 1.82) is 0 Å². The number of aromatic nitrogens is 4. The lowest BCUT2D eigenvalue weighted by Crippen LogP contribution is -2.07. The molecule has 1 N–H and O–H groups in total. The molecule has 3 heterocycles. The van der Waals surface area contributed by atoms with Gasteiger partial charge in [-0.05, 0) is 31.0 Å². The smallest absolute Gasteiger partial charge is 0.251 e. The number of aliphatic hydroxyl groups excluding tert-OH is 1. The molecular weight excluding hydrogens is 316 g/mol. The fraction of sp³-hybridized carbons (Fsp3) is 0.211. The van der Waals surface area contributed by atoms with E-state index in [0.29, 0.717) is 23.3 Å². The summed E-state index contributed by atoms with van der Waals surface area (Å²) in [6.45, 7) is -0.0188. The molecule has 0 saturated heterocycles. The van der Waals surface area contributed by atoms with Crippen molar-refractivity contribution in [2.24, 2.45) is 0 Å². The van der Waals surface area contributed by atoms with Crippen molar-refractivity contribution >= 4 is 11.0 Å². The van der Waals surface area contributed by atoms with Gasteiger partial charge in [0.25, 0.3) is 5.95 Å². The molecule has 4 aromatic rings. The maximum atomic E-state index is 9.56. The van der Waals surface area contributed by atoms with E-state index in [1.807, 2.05) is 36.4 Å². The lowest BCUT2D eigenvalue weighted by atomic mass is 10.2. The van der Waals surface area contributed by atoms with Gasteiger partial charge in [0.1, 0.15) is 11.3 Å². The Morgan fingerprint density at radius 3 is 2.88 bits per heavy atom. The van der Waals surface area contributed by atoms with E-state index >= 15 is 0 Å². The second kappa shape index (κ2) is 5.53. The van der Waals surface area contributed by atoms with E-state index in [1.165, 1.54) is 0 Å². The summed E-state index contributed by atoms with van der Waals surface area (Å²) < 4.78 is 7.65. The molecule has 0 amide bonds. The zero-order chi connectivity index (χ0) is 16.8.